The SMILES string of the molecule is CN(Cc1nc(N)c2ccsc2n1)C(C)(C)CO. The molecule has 2 heterocycles. The number of hydrogen-bond acceptors (Lipinski definition) is 6. The molecule has 0 atom stereocenters. The third-order valence-electron chi connectivity index (χ3n) is 3.20. The summed E-state index contributed by atoms with van der Waals surface area (Å²) in [5, 5.41) is 12.2. The van der Waals surface area contributed by atoms with Crippen LogP contribution >= 0.6 is 11.3 Å². The summed E-state index contributed by atoms with van der Waals surface area (Å²) in [5.41, 5.74) is 5.60. The normalized spacial score (nSPS) is 12.5. The molecule has 0 saturated carbocycles. The van der Waals surface area contributed by atoms with Crippen LogP contribution in [-0.2, 0) is 6.54 Å². The van der Waals surface area contributed by atoms with Gasteiger partial charge in [0.25, 0.3) is 0 Å². The molecule has 2 rings (SSSR count). The van der Waals surface area contributed by atoms with Crippen LogP contribution in [0.1, 0.15) is 19.7 Å². The zero-order chi connectivity index (χ0) is 13.3. The van der Waals surface area contributed by atoms with Crippen LogP contribution in [0.3, 0.4) is 0 Å². The summed E-state index contributed by atoms with van der Waals surface area (Å²) in [6.07, 6.45) is 0. The summed E-state index contributed by atoms with van der Waals surface area (Å²) in [6, 6.07) is 1.93. The molecule has 6 heteroatoms. The summed E-state index contributed by atoms with van der Waals surface area (Å²) in [5.74, 6) is 1.21. The maximum atomic E-state index is 9.33. The number of aliphatic hydroxyl groups excluding tert-OH is 1. The van der Waals surface area contributed by atoms with Crippen LogP contribution in [0.25, 0.3) is 10.2 Å². The summed E-state index contributed by atoms with van der Waals surface area (Å²) in [4.78, 5) is 11.7. The summed E-state index contributed by atoms with van der Waals surface area (Å²) in [6.45, 7) is 4.59. The molecule has 0 aromatic carbocycles. The first-order chi connectivity index (χ1) is 8.44. The van der Waals surface area contributed by atoms with E-state index in [1.165, 1.54) is 0 Å². The van der Waals surface area contributed by atoms with Crippen LogP contribution in [0.15, 0.2) is 11.4 Å². The molecule has 2 aromatic heterocycles. The Balaban J connectivity index is 2.27. The minimum atomic E-state index is -0.303. The molecule has 2 aromatic rings. The van der Waals surface area contributed by atoms with Gasteiger partial charge < -0.3 is 10.8 Å². The number of aliphatic hydroxyl groups is 1. The molecule has 98 valence electrons. The average molecular weight is 266 g/mol. The predicted molar refractivity (Wildman–Crippen MR) is 74.5 cm³/mol. The van der Waals surface area contributed by atoms with Gasteiger partial charge in [0.15, 0.2) is 0 Å². The molecule has 18 heavy (non-hydrogen) atoms. The second kappa shape index (κ2) is 4.79. The van der Waals surface area contributed by atoms with Crippen molar-refractivity contribution in [3.63, 3.8) is 0 Å². The summed E-state index contributed by atoms with van der Waals surface area (Å²) in [7, 11) is 1.94. The first-order valence-corrected chi connectivity index (χ1v) is 6.63. The molecule has 0 fully saturated rings. The second-order valence-electron chi connectivity index (χ2n) is 4.99. The van der Waals surface area contributed by atoms with E-state index in [1.807, 2.05) is 37.2 Å². The fourth-order valence-electron chi connectivity index (χ4n) is 1.54. The van der Waals surface area contributed by atoms with E-state index in [-0.39, 0.29) is 12.1 Å². The van der Waals surface area contributed by atoms with E-state index in [1.54, 1.807) is 11.3 Å². The Morgan fingerprint density at radius 3 is 2.83 bits per heavy atom. The van der Waals surface area contributed by atoms with E-state index >= 15 is 0 Å². The minimum absolute atomic E-state index is 0.0836. The van der Waals surface area contributed by atoms with Gasteiger partial charge in [0, 0.05) is 5.54 Å². The monoisotopic (exact) mass is 266 g/mol. The van der Waals surface area contributed by atoms with Gasteiger partial charge in [-0.25, -0.2) is 9.97 Å². The number of rotatable bonds is 4. The van der Waals surface area contributed by atoms with E-state index in [0.29, 0.717) is 18.2 Å². The quantitative estimate of drug-likeness (QED) is 0.876. The Hall–Kier alpha value is -1.24. The van der Waals surface area contributed by atoms with Gasteiger partial charge >= 0.3 is 0 Å². The molecule has 0 aliphatic rings. The molecule has 5 nitrogen and oxygen atoms in total. The number of hydrogen-bond donors (Lipinski definition) is 2. The topological polar surface area (TPSA) is 75.3 Å². The molecule has 3 N–H and O–H groups in total. The van der Waals surface area contributed by atoms with Crippen molar-refractivity contribution in [1.82, 2.24) is 14.9 Å². The number of aromatic nitrogens is 2. The second-order valence-corrected chi connectivity index (χ2v) is 5.89. The molecule has 0 radical (unpaired) electrons. The Morgan fingerprint density at radius 1 is 1.44 bits per heavy atom. The average Bonchev–Trinajstić information content (AvgIpc) is 2.77. The van der Waals surface area contributed by atoms with Crippen molar-refractivity contribution in [1.29, 1.82) is 0 Å². The predicted octanol–water partition coefficient (Wildman–Crippen LogP) is 1.48. The lowest BCUT2D eigenvalue weighted by atomic mass is 10.1. The zero-order valence-electron chi connectivity index (χ0n) is 10.8. The molecule has 0 spiro atoms. The number of nitrogens with zero attached hydrogens (tertiary/aromatic N) is 3. The molecular formula is C12H18N4OS. The first kappa shape index (κ1) is 13.2. The largest absolute Gasteiger partial charge is 0.394 e. The smallest absolute Gasteiger partial charge is 0.146 e. The summed E-state index contributed by atoms with van der Waals surface area (Å²) >= 11 is 1.56. The number of thiophene rings is 1. The lowest BCUT2D eigenvalue weighted by Gasteiger charge is -2.33. The van der Waals surface area contributed by atoms with Crippen LogP contribution in [0.5, 0.6) is 0 Å². The molecule has 0 aliphatic heterocycles. The molecule has 0 bridgehead atoms. The Bertz CT molecular complexity index is 552. The van der Waals surface area contributed by atoms with Crippen molar-refractivity contribution >= 4 is 27.4 Å². The lowest BCUT2D eigenvalue weighted by molar-refractivity contribution is 0.0715. The van der Waals surface area contributed by atoms with Crippen LogP contribution in [0, 0.1) is 0 Å². The number of fused-ring (bicyclic) bond motifs is 1. The zero-order valence-corrected chi connectivity index (χ0v) is 11.7. The van der Waals surface area contributed by atoms with Gasteiger partial charge in [-0.2, -0.15) is 0 Å². The van der Waals surface area contributed by atoms with Crippen molar-refractivity contribution < 1.29 is 5.11 Å². The van der Waals surface area contributed by atoms with Gasteiger partial charge in [-0.3, -0.25) is 4.90 Å². The lowest BCUT2D eigenvalue weighted by Crippen LogP contribution is -2.43. The van der Waals surface area contributed by atoms with Crippen molar-refractivity contribution in [2.75, 3.05) is 19.4 Å². The van der Waals surface area contributed by atoms with Gasteiger partial charge in [0.1, 0.15) is 16.5 Å². The van der Waals surface area contributed by atoms with Gasteiger partial charge in [-0.05, 0) is 32.3 Å². The van der Waals surface area contributed by atoms with Gasteiger partial charge in [0.05, 0.1) is 18.5 Å². The molecule has 0 saturated heterocycles. The fraction of sp³-hybridized carbons (Fsp3) is 0.500. The molecular weight excluding hydrogens is 248 g/mol. The van der Waals surface area contributed by atoms with Crippen molar-refractivity contribution in [2.24, 2.45) is 0 Å². The number of nitrogen functional groups attached to an aromatic ring is 1. The highest BCUT2D eigenvalue weighted by Gasteiger charge is 2.23. The Labute approximate surface area is 110 Å². The fourth-order valence-corrected chi connectivity index (χ4v) is 2.33. The van der Waals surface area contributed by atoms with Gasteiger partial charge in [0.2, 0.25) is 0 Å². The highest BCUT2D eigenvalue weighted by atomic mass is 32.1. The van der Waals surface area contributed by atoms with Crippen molar-refractivity contribution in [3.05, 3.63) is 17.3 Å². The van der Waals surface area contributed by atoms with E-state index in [0.717, 1.165) is 10.2 Å². The van der Waals surface area contributed by atoms with E-state index in [9.17, 15) is 5.11 Å². The number of nitrogens with two attached hydrogens (primary N) is 1. The third kappa shape index (κ3) is 2.45. The number of likely N-dealkylation sites (N-methyl/N-ethyl adjacent to an activating group) is 1. The van der Waals surface area contributed by atoms with Crippen LogP contribution in [0.2, 0.25) is 0 Å². The van der Waals surface area contributed by atoms with Crippen molar-refractivity contribution in [3.8, 4) is 0 Å². The maximum Gasteiger partial charge on any atom is 0.146 e. The summed E-state index contributed by atoms with van der Waals surface area (Å²) < 4.78 is 0. The molecule has 0 amide bonds. The van der Waals surface area contributed by atoms with E-state index in [4.69, 9.17) is 5.73 Å². The highest BCUT2D eigenvalue weighted by Crippen LogP contribution is 2.23. The standard InChI is InChI=1S/C12H18N4OS/c1-12(2,7-17)16(3)6-9-14-10(13)8-4-5-18-11(8)15-9/h4-5,17H,6-7H2,1-3H3,(H2,13,14,15). The van der Waals surface area contributed by atoms with E-state index in [2.05, 4.69) is 9.97 Å². The maximum absolute atomic E-state index is 9.33. The minimum Gasteiger partial charge on any atom is -0.394 e. The Kier molecular flexibility index (Phi) is 3.52. The molecule has 0 unspecified atom stereocenters. The third-order valence-corrected chi connectivity index (χ3v) is 4.01. The van der Waals surface area contributed by atoms with Crippen molar-refractivity contribution in [2.45, 2.75) is 25.9 Å². The van der Waals surface area contributed by atoms with Crippen LogP contribution in [0.4, 0.5) is 5.82 Å². The number of anilines is 1. The van der Waals surface area contributed by atoms with Gasteiger partial charge in [-0.1, -0.05) is 0 Å². The van der Waals surface area contributed by atoms with Crippen LogP contribution in [-0.4, -0.2) is 39.2 Å². The Morgan fingerprint density at radius 2 is 2.17 bits per heavy atom. The van der Waals surface area contributed by atoms with E-state index < -0.39 is 0 Å². The highest BCUT2D eigenvalue weighted by molar-refractivity contribution is 7.16. The van der Waals surface area contributed by atoms with Crippen LogP contribution < -0.4 is 5.73 Å². The first-order valence-electron chi connectivity index (χ1n) is 5.76. The molecule has 0 aliphatic carbocycles. The van der Waals surface area contributed by atoms with Gasteiger partial charge in [-0.15, -0.1) is 11.3 Å².